The number of carbonyl (C=O) groups is 1. The van der Waals surface area contributed by atoms with Gasteiger partial charge in [-0.05, 0) is 32.3 Å². The smallest absolute Gasteiger partial charge is 0.232 e. The van der Waals surface area contributed by atoms with Crippen LogP contribution >= 0.6 is 0 Å². The van der Waals surface area contributed by atoms with E-state index >= 15 is 0 Å². The van der Waals surface area contributed by atoms with Crippen molar-refractivity contribution >= 4 is 5.91 Å². The molecule has 86 valence electrons. The van der Waals surface area contributed by atoms with E-state index in [9.17, 15) is 4.79 Å². The molecule has 1 amide bonds. The topological polar surface area (TPSA) is 20.3 Å². The SMILES string of the molecule is CC(C)(C(=O)N1CCCC1)c1ccccc1. The minimum absolute atomic E-state index is 0.260. The molecular weight excluding hydrogens is 198 g/mol. The maximum atomic E-state index is 12.4. The fraction of sp³-hybridized carbons (Fsp3) is 0.500. The molecule has 2 rings (SSSR count). The second-order valence-electron chi connectivity index (χ2n) is 4.99. The van der Waals surface area contributed by atoms with Crippen LogP contribution in [0.5, 0.6) is 0 Å². The first kappa shape index (κ1) is 11.2. The molecule has 0 bridgehead atoms. The van der Waals surface area contributed by atoms with Crippen LogP contribution in [0.4, 0.5) is 0 Å². The molecule has 1 aliphatic rings. The van der Waals surface area contributed by atoms with E-state index in [0.717, 1.165) is 31.5 Å². The Morgan fingerprint density at radius 1 is 1.12 bits per heavy atom. The summed E-state index contributed by atoms with van der Waals surface area (Å²) >= 11 is 0. The van der Waals surface area contributed by atoms with E-state index in [1.807, 2.05) is 49.1 Å². The van der Waals surface area contributed by atoms with Crippen LogP contribution in [-0.4, -0.2) is 23.9 Å². The molecule has 0 N–H and O–H groups in total. The van der Waals surface area contributed by atoms with Gasteiger partial charge in [0.05, 0.1) is 5.41 Å². The largest absolute Gasteiger partial charge is 0.342 e. The van der Waals surface area contributed by atoms with Gasteiger partial charge in [-0.3, -0.25) is 4.79 Å². The summed E-state index contributed by atoms with van der Waals surface area (Å²) in [6.07, 6.45) is 2.30. The van der Waals surface area contributed by atoms with Crippen molar-refractivity contribution in [2.45, 2.75) is 32.1 Å². The van der Waals surface area contributed by atoms with Gasteiger partial charge in [0.25, 0.3) is 0 Å². The number of rotatable bonds is 2. The zero-order valence-electron chi connectivity index (χ0n) is 10.1. The number of likely N-dealkylation sites (tertiary alicyclic amines) is 1. The highest BCUT2D eigenvalue weighted by atomic mass is 16.2. The highest BCUT2D eigenvalue weighted by molar-refractivity contribution is 5.87. The maximum absolute atomic E-state index is 12.4. The Bertz CT molecular complexity index is 364. The number of hydrogen-bond acceptors (Lipinski definition) is 1. The predicted molar refractivity (Wildman–Crippen MR) is 65.3 cm³/mol. The van der Waals surface area contributed by atoms with E-state index in [2.05, 4.69) is 0 Å². The molecular formula is C14H19NO. The van der Waals surface area contributed by atoms with E-state index in [1.54, 1.807) is 0 Å². The lowest BCUT2D eigenvalue weighted by Crippen LogP contribution is -2.41. The van der Waals surface area contributed by atoms with Crippen molar-refractivity contribution in [2.24, 2.45) is 0 Å². The quantitative estimate of drug-likeness (QED) is 0.745. The summed E-state index contributed by atoms with van der Waals surface area (Å²) < 4.78 is 0. The first-order valence-electron chi connectivity index (χ1n) is 5.97. The molecule has 0 aliphatic carbocycles. The lowest BCUT2D eigenvalue weighted by Gasteiger charge is -2.29. The number of nitrogens with zero attached hydrogens (tertiary/aromatic N) is 1. The summed E-state index contributed by atoms with van der Waals surface area (Å²) in [5.74, 6) is 0.260. The molecule has 2 nitrogen and oxygen atoms in total. The third-order valence-corrected chi connectivity index (χ3v) is 3.42. The van der Waals surface area contributed by atoms with Crippen LogP contribution in [0.2, 0.25) is 0 Å². The van der Waals surface area contributed by atoms with E-state index < -0.39 is 5.41 Å². The lowest BCUT2D eigenvalue weighted by molar-refractivity contribution is -0.135. The fourth-order valence-corrected chi connectivity index (χ4v) is 2.29. The lowest BCUT2D eigenvalue weighted by atomic mass is 9.83. The zero-order chi connectivity index (χ0) is 11.6. The maximum Gasteiger partial charge on any atom is 0.232 e. The Balaban J connectivity index is 2.21. The molecule has 1 aliphatic heterocycles. The summed E-state index contributed by atoms with van der Waals surface area (Å²) in [4.78, 5) is 14.4. The van der Waals surface area contributed by atoms with Crippen LogP contribution in [-0.2, 0) is 10.2 Å². The van der Waals surface area contributed by atoms with Gasteiger partial charge in [0.15, 0.2) is 0 Å². The average molecular weight is 217 g/mol. The van der Waals surface area contributed by atoms with Crippen LogP contribution in [0.3, 0.4) is 0 Å². The number of benzene rings is 1. The molecule has 0 radical (unpaired) electrons. The monoisotopic (exact) mass is 217 g/mol. The van der Waals surface area contributed by atoms with Gasteiger partial charge in [0.2, 0.25) is 5.91 Å². The standard InChI is InChI=1S/C14H19NO/c1-14(2,12-8-4-3-5-9-12)13(16)15-10-6-7-11-15/h3-5,8-9H,6-7,10-11H2,1-2H3. The fourth-order valence-electron chi connectivity index (χ4n) is 2.29. The summed E-state index contributed by atoms with van der Waals surface area (Å²) in [6, 6.07) is 10.0. The van der Waals surface area contributed by atoms with Crippen molar-refractivity contribution in [1.29, 1.82) is 0 Å². The molecule has 0 saturated carbocycles. The minimum Gasteiger partial charge on any atom is -0.342 e. The summed E-state index contributed by atoms with van der Waals surface area (Å²) in [7, 11) is 0. The van der Waals surface area contributed by atoms with Crippen molar-refractivity contribution in [2.75, 3.05) is 13.1 Å². The van der Waals surface area contributed by atoms with Gasteiger partial charge in [-0.25, -0.2) is 0 Å². The van der Waals surface area contributed by atoms with Crippen LogP contribution in [0.1, 0.15) is 32.3 Å². The van der Waals surface area contributed by atoms with E-state index in [1.165, 1.54) is 0 Å². The van der Waals surface area contributed by atoms with Crippen LogP contribution in [0, 0.1) is 0 Å². The first-order chi connectivity index (χ1) is 7.62. The van der Waals surface area contributed by atoms with Crippen molar-refractivity contribution < 1.29 is 4.79 Å². The molecule has 1 fully saturated rings. The third-order valence-electron chi connectivity index (χ3n) is 3.42. The van der Waals surface area contributed by atoms with Gasteiger partial charge in [-0.2, -0.15) is 0 Å². The number of amides is 1. The Morgan fingerprint density at radius 3 is 2.25 bits per heavy atom. The van der Waals surface area contributed by atoms with Gasteiger partial charge in [-0.15, -0.1) is 0 Å². The Labute approximate surface area is 97.3 Å². The van der Waals surface area contributed by atoms with E-state index in [4.69, 9.17) is 0 Å². The van der Waals surface area contributed by atoms with Gasteiger partial charge in [-0.1, -0.05) is 30.3 Å². The molecule has 1 aromatic carbocycles. The zero-order valence-corrected chi connectivity index (χ0v) is 10.1. The number of carbonyl (C=O) groups excluding carboxylic acids is 1. The van der Waals surface area contributed by atoms with Gasteiger partial charge in [0.1, 0.15) is 0 Å². The average Bonchev–Trinajstić information content (AvgIpc) is 2.82. The predicted octanol–water partition coefficient (Wildman–Crippen LogP) is 2.59. The van der Waals surface area contributed by atoms with E-state index in [-0.39, 0.29) is 5.91 Å². The normalized spacial score (nSPS) is 16.5. The minimum atomic E-state index is -0.397. The van der Waals surface area contributed by atoms with Crippen LogP contribution in [0.25, 0.3) is 0 Å². The molecule has 1 heterocycles. The molecule has 0 spiro atoms. The second-order valence-corrected chi connectivity index (χ2v) is 4.99. The van der Waals surface area contributed by atoms with E-state index in [0.29, 0.717) is 0 Å². The van der Waals surface area contributed by atoms with Gasteiger partial charge >= 0.3 is 0 Å². The molecule has 0 aromatic heterocycles. The molecule has 0 atom stereocenters. The summed E-state index contributed by atoms with van der Waals surface area (Å²) in [5.41, 5.74) is 0.706. The second kappa shape index (κ2) is 4.28. The molecule has 2 heteroatoms. The Kier molecular flexibility index (Phi) is 2.99. The highest BCUT2D eigenvalue weighted by Crippen LogP contribution is 2.27. The van der Waals surface area contributed by atoms with Crippen molar-refractivity contribution in [1.82, 2.24) is 4.90 Å². The molecule has 0 unspecified atom stereocenters. The van der Waals surface area contributed by atoms with Gasteiger partial charge < -0.3 is 4.90 Å². The summed E-state index contributed by atoms with van der Waals surface area (Å²) in [5, 5.41) is 0. The van der Waals surface area contributed by atoms with Crippen molar-refractivity contribution in [3.8, 4) is 0 Å². The molecule has 1 aromatic rings. The van der Waals surface area contributed by atoms with Gasteiger partial charge in [0, 0.05) is 13.1 Å². The Hall–Kier alpha value is -1.31. The van der Waals surface area contributed by atoms with Crippen LogP contribution in [0.15, 0.2) is 30.3 Å². The van der Waals surface area contributed by atoms with Crippen molar-refractivity contribution in [3.05, 3.63) is 35.9 Å². The Morgan fingerprint density at radius 2 is 1.69 bits per heavy atom. The van der Waals surface area contributed by atoms with Crippen LogP contribution < -0.4 is 0 Å². The molecule has 16 heavy (non-hydrogen) atoms. The number of hydrogen-bond donors (Lipinski definition) is 0. The molecule has 1 saturated heterocycles. The first-order valence-corrected chi connectivity index (χ1v) is 5.97. The third kappa shape index (κ3) is 1.97. The highest BCUT2D eigenvalue weighted by Gasteiger charge is 2.34. The van der Waals surface area contributed by atoms with Crippen molar-refractivity contribution in [3.63, 3.8) is 0 Å². The summed E-state index contributed by atoms with van der Waals surface area (Å²) in [6.45, 7) is 5.89.